The van der Waals surface area contributed by atoms with Crippen molar-refractivity contribution in [3.63, 3.8) is 0 Å². The van der Waals surface area contributed by atoms with Gasteiger partial charge in [-0.25, -0.2) is 8.78 Å². The van der Waals surface area contributed by atoms with E-state index in [1.54, 1.807) is 13.8 Å². The van der Waals surface area contributed by atoms with E-state index in [9.17, 15) is 13.6 Å². The largest absolute Gasteiger partial charge is 0.397 e. The number of nitrogens with two attached hydrogens (primary N) is 1. The Morgan fingerprint density at radius 2 is 2.06 bits per heavy atom. The van der Waals surface area contributed by atoms with E-state index in [1.165, 1.54) is 7.11 Å². The fourth-order valence-electron chi connectivity index (χ4n) is 1.37. The van der Waals surface area contributed by atoms with Gasteiger partial charge in [0.05, 0.1) is 17.7 Å². The molecule has 3 N–H and O–H groups in total. The van der Waals surface area contributed by atoms with E-state index in [0.717, 1.165) is 6.07 Å². The SMILES string of the molecule is COC(C)(C)CC(=O)Nc1c(N)cc(F)cc1F. The molecule has 1 rings (SSSR count). The van der Waals surface area contributed by atoms with Crippen molar-refractivity contribution >= 4 is 17.3 Å². The molecule has 1 aromatic carbocycles. The van der Waals surface area contributed by atoms with E-state index in [4.69, 9.17) is 10.5 Å². The van der Waals surface area contributed by atoms with Crippen LogP contribution < -0.4 is 11.1 Å². The molecule has 0 radical (unpaired) electrons. The van der Waals surface area contributed by atoms with Gasteiger partial charge in [0.1, 0.15) is 11.5 Å². The maximum absolute atomic E-state index is 13.4. The number of hydrogen-bond acceptors (Lipinski definition) is 3. The molecule has 0 saturated heterocycles. The number of carbonyl (C=O) groups is 1. The minimum absolute atomic E-state index is 0.0275. The van der Waals surface area contributed by atoms with Gasteiger partial charge < -0.3 is 15.8 Å². The second-order valence-corrected chi connectivity index (χ2v) is 4.54. The molecule has 0 aliphatic rings. The maximum Gasteiger partial charge on any atom is 0.227 e. The van der Waals surface area contributed by atoms with Gasteiger partial charge in [-0.1, -0.05) is 0 Å². The zero-order valence-electron chi connectivity index (χ0n) is 10.5. The second kappa shape index (κ2) is 5.30. The van der Waals surface area contributed by atoms with E-state index in [0.29, 0.717) is 6.07 Å². The molecule has 4 nitrogen and oxygen atoms in total. The van der Waals surface area contributed by atoms with Crippen molar-refractivity contribution in [2.24, 2.45) is 0 Å². The minimum atomic E-state index is -0.906. The van der Waals surface area contributed by atoms with Gasteiger partial charge in [0.2, 0.25) is 5.91 Å². The summed E-state index contributed by atoms with van der Waals surface area (Å²) < 4.78 is 31.3. The van der Waals surface area contributed by atoms with E-state index >= 15 is 0 Å². The van der Waals surface area contributed by atoms with E-state index < -0.39 is 23.1 Å². The standard InChI is InChI=1S/C12H16F2N2O2/c1-12(2,18-3)6-10(17)16-11-8(14)4-7(13)5-9(11)15/h4-5H,6,15H2,1-3H3,(H,16,17). The Morgan fingerprint density at radius 3 is 2.56 bits per heavy atom. The number of halogens is 2. The van der Waals surface area contributed by atoms with Crippen molar-refractivity contribution in [2.75, 3.05) is 18.2 Å². The Kier molecular flexibility index (Phi) is 4.24. The molecule has 0 bridgehead atoms. The molecule has 0 aliphatic heterocycles. The summed E-state index contributed by atoms with van der Waals surface area (Å²) in [5.41, 5.74) is 4.40. The first-order chi connectivity index (χ1) is 8.25. The minimum Gasteiger partial charge on any atom is -0.397 e. The third-order valence-electron chi connectivity index (χ3n) is 2.49. The van der Waals surface area contributed by atoms with Crippen LogP contribution in [-0.4, -0.2) is 18.6 Å². The number of hydrogen-bond donors (Lipinski definition) is 2. The number of methoxy groups -OCH3 is 1. The molecule has 100 valence electrons. The highest BCUT2D eigenvalue weighted by atomic mass is 19.1. The number of amides is 1. The molecular formula is C12H16F2N2O2. The van der Waals surface area contributed by atoms with Crippen molar-refractivity contribution in [3.05, 3.63) is 23.8 Å². The monoisotopic (exact) mass is 258 g/mol. The third-order valence-corrected chi connectivity index (χ3v) is 2.49. The smallest absolute Gasteiger partial charge is 0.227 e. The van der Waals surface area contributed by atoms with Crippen molar-refractivity contribution in [2.45, 2.75) is 25.9 Å². The van der Waals surface area contributed by atoms with Gasteiger partial charge in [-0.3, -0.25) is 4.79 Å². The first-order valence-electron chi connectivity index (χ1n) is 5.34. The van der Waals surface area contributed by atoms with Crippen LogP contribution in [0.2, 0.25) is 0 Å². The van der Waals surface area contributed by atoms with E-state index in [1.807, 2.05) is 0 Å². The average Bonchev–Trinajstić information content (AvgIpc) is 2.22. The first-order valence-corrected chi connectivity index (χ1v) is 5.34. The third kappa shape index (κ3) is 3.66. The molecule has 6 heteroatoms. The maximum atomic E-state index is 13.4. The number of rotatable bonds is 4. The average molecular weight is 258 g/mol. The van der Waals surface area contributed by atoms with Crippen LogP contribution in [0.5, 0.6) is 0 Å². The predicted molar refractivity (Wildman–Crippen MR) is 65.1 cm³/mol. The molecule has 0 saturated carbocycles. The lowest BCUT2D eigenvalue weighted by atomic mass is 10.0. The van der Waals surface area contributed by atoms with Crippen LogP contribution in [0.25, 0.3) is 0 Å². The molecule has 0 heterocycles. The lowest BCUT2D eigenvalue weighted by molar-refractivity contribution is -0.121. The lowest BCUT2D eigenvalue weighted by Crippen LogP contribution is -2.30. The number of nitrogens with one attached hydrogen (secondary N) is 1. The Bertz CT molecular complexity index is 438. The van der Waals surface area contributed by atoms with Crippen LogP contribution >= 0.6 is 0 Å². The molecule has 0 unspecified atom stereocenters. The number of benzene rings is 1. The summed E-state index contributed by atoms with van der Waals surface area (Å²) in [4.78, 5) is 11.7. The van der Waals surface area contributed by atoms with Crippen LogP contribution in [0.3, 0.4) is 0 Å². The summed E-state index contributed by atoms with van der Waals surface area (Å²) in [6, 6.07) is 1.60. The van der Waals surface area contributed by atoms with Gasteiger partial charge >= 0.3 is 0 Å². The van der Waals surface area contributed by atoms with Gasteiger partial charge in [-0.2, -0.15) is 0 Å². The van der Waals surface area contributed by atoms with Gasteiger partial charge in [0.25, 0.3) is 0 Å². The van der Waals surface area contributed by atoms with Crippen LogP contribution in [0.15, 0.2) is 12.1 Å². The molecular weight excluding hydrogens is 242 g/mol. The number of anilines is 2. The highest BCUT2D eigenvalue weighted by molar-refractivity contribution is 5.94. The van der Waals surface area contributed by atoms with Gasteiger partial charge in [-0.05, 0) is 19.9 Å². The highest BCUT2D eigenvalue weighted by Gasteiger charge is 2.22. The first kappa shape index (κ1) is 14.4. The number of nitrogen functional groups attached to an aromatic ring is 1. The van der Waals surface area contributed by atoms with Crippen LogP contribution in [0.4, 0.5) is 20.2 Å². The van der Waals surface area contributed by atoms with Crippen LogP contribution in [-0.2, 0) is 9.53 Å². The molecule has 0 atom stereocenters. The molecule has 1 aromatic rings. The Hall–Kier alpha value is -1.69. The molecule has 0 spiro atoms. The molecule has 18 heavy (non-hydrogen) atoms. The summed E-state index contributed by atoms with van der Waals surface area (Å²) >= 11 is 0. The Labute approximate surface area is 104 Å². The Balaban J connectivity index is 2.83. The molecule has 0 aliphatic carbocycles. The van der Waals surface area contributed by atoms with Gasteiger partial charge in [0.15, 0.2) is 5.82 Å². The lowest BCUT2D eigenvalue weighted by Gasteiger charge is -2.22. The summed E-state index contributed by atoms with van der Waals surface area (Å²) in [5.74, 6) is -2.16. The zero-order chi connectivity index (χ0) is 13.9. The van der Waals surface area contributed by atoms with E-state index in [-0.39, 0.29) is 17.8 Å². The zero-order valence-corrected chi connectivity index (χ0v) is 10.5. The number of ether oxygens (including phenoxy) is 1. The van der Waals surface area contributed by atoms with Crippen molar-refractivity contribution < 1.29 is 18.3 Å². The summed E-state index contributed by atoms with van der Waals surface area (Å²) in [6.07, 6.45) is 0.0275. The fraction of sp³-hybridized carbons (Fsp3) is 0.417. The normalized spacial score (nSPS) is 11.4. The van der Waals surface area contributed by atoms with Crippen molar-refractivity contribution in [1.29, 1.82) is 0 Å². The molecule has 0 fully saturated rings. The summed E-state index contributed by atoms with van der Waals surface area (Å²) in [6.45, 7) is 3.44. The highest BCUT2D eigenvalue weighted by Crippen LogP contribution is 2.24. The fourth-order valence-corrected chi connectivity index (χ4v) is 1.37. The number of carbonyl (C=O) groups excluding carboxylic acids is 1. The van der Waals surface area contributed by atoms with Gasteiger partial charge in [-0.15, -0.1) is 0 Å². The van der Waals surface area contributed by atoms with Crippen LogP contribution in [0.1, 0.15) is 20.3 Å². The topological polar surface area (TPSA) is 64.3 Å². The second-order valence-electron chi connectivity index (χ2n) is 4.54. The predicted octanol–water partition coefficient (Wildman–Crippen LogP) is 2.30. The van der Waals surface area contributed by atoms with Gasteiger partial charge in [0, 0.05) is 13.2 Å². The molecule has 1 amide bonds. The van der Waals surface area contributed by atoms with Crippen molar-refractivity contribution in [1.82, 2.24) is 0 Å². The Morgan fingerprint density at radius 1 is 1.44 bits per heavy atom. The van der Waals surface area contributed by atoms with E-state index in [2.05, 4.69) is 5.32 Å². The summed E-state index contributed by atoms with van der Waals surface area (Å²) in [5, 5.41) is 2.31. The van der Waals surface area contributed by atoms with Crippen molar-refractivity contribution in [3.8, 4) is 0 Å². The molecule has 0 aromatic heterocycles. The van der Waals surface area contributed by atoms with Crippen LogP contribution in [0, 0.1) is 11.6 Å². The summed E-state index contributed by atoms with van der Waals surface area (Å²) in [7, 11) is 1.47. The quantitative estimate of drug-likeness (QED) is 0.814.